The van der Waals surface area contributed by atoms with Gasteiger partial charge in [0.25, 0.3) is 0 Å². The lowest BCUT2D eigenvalue weighted by atomic mass is 10.2. The number of nitrogens with one attached hydrogen (secondary N) is 2. The van der Waals surface area contributed by atoms with Gasteiger partial charge in [0.15, 0.2) is 0 Å². The Morgan fingerprint density at radius 1 is 1.43 bits per heavy atom. The van der Waals surface area contributed by atoms with Crippen molar-refractivity contribution in [3.8, 4) is 0 Å². The molecule has 0 aromatic carbocycles. The van der Waals surface area contributed by atoms with Gasteiger partial charge in [-0.05, 0) is 13.3 Å². The lowest BCUT2D eigenvalue weighted by Crippen LogP contribution is -2.41. The Bertz CT molecular complexity index is 182. The highest BCUT2D eigenvalue weighted by atomic mass is 19.4. The Morgan fingerprint density at radius 3 is 2.43 bits per heavy atom. The van der Waals surface area contributed by atoms with E-state index in [1.807, 2.05) is 12.2 Å². The highest BCUT2D eigenvalue weighted by Gasteiger charge is 2.26. The second-order valence-electron chi connectivity index (χ2n) is 3.10. The van der Waals surface area contributed by atoms with Gasteiger partial charge in [0.2, 0.25) is 5.91 Å². The molecule has 2 N–H and O–H groups in total. The molecule has 0 aliphatic heterocycles. The molecule has 1 atom stereocenters. The zero-order valence-corrected chi connectivity index (χ0v) is 8.24. The molecule has 84 valence electrons. The fourth-order valence-corrected chi connectivity index (χ4v) is 0.746. The number of alkyl halides is 3. The lowest BCUT2D eigenvalue weighted by Gasteiger charge is -2.12. The molecular formula is C8H15F3N2O. The van der Waals surface area contributed by atoms with Crippen molar-refractivity contribution in [2.24, 2.45) is 0 Å². The summed E-state index contributed by atoms with van der Waals surface area (Å²) in [6.07, 6.45) is -3.51. The maximum atomic E-state index is 11.6. The third kappa shape index (κ3) is 7.85. The van der Waals surface area contributed by atoms with E-state index in [9.17, 15) is 18.0 Å². The predicted octanol–water partition coefficient (Wildman–Crippen LogP) is 1.05. The highest BCUT2D eigenvalue weighted by molar-refractivity contribution is 5.78. The first-order valence-electron chi connectivity index (χ1n) is 4.42. The average molecular weight is 212 g/mol. The van der Waals surface area contributed by atoms with Crippen LogP contribution in [0.3, 0.4) is 0 Å². The van der Waals surface area contributed by atoms with Gasteiger partial charge in [0.05, 0.1) is 13.1 Å². The van der Waals surface area contributed by atoms with E-state index < -0.39 is 18.6 Å². The van der Waals surface area contributed by atoms with Crippen molar-refractivity contribution >= 4 is 5.91 Å². The van der Waals surface area contributed by atoms with Crippen molar-refractivity contribution in [3.05, 3.63) is 0 Å². The molecule has 0 saturated heterocycles. The van der Waals surface area contributed by atoms with Crippen LogP contribution in [0.2, 0.25) is 0 Å². The summed E-state index contributed by atoms with van der Waals surface area (Å²) in [6.45, 7) is 2.24. The largest absolute Gasteiger partial charge is 0.401 e. The van der Waals surface area contributed by atoms with Crippen LogP contribution in [0.1, 0.15) is 20.3 Å². The van der Waals surface area contributed by atoms with Crippen LogP contribution in [0.5, 0.6) is 0 Å². The molecule has 0 fully saturated rings. The molecule has 0 radical (unpaired) electrons. The molecule has 0 aromatic heterocycles. The van der Waals surface area contributed by atoms with E-state index >= 15 is 0 Å². The predicted molar refractivity (Wildman–Crippen MR) is 46.8 cm³/mol. The summed E-state index contributed by atoms with van der Waals surface area (Å²) >= 11 is 0. The van der Waals surface area contributed by atoms with Crippen LogP contribution in [0.25, 0.3) is 0 Å². The number of amides is 1. The van der Waals surface area contributed by atoms with Gasteiger partial charge >= 0.3 is 6.18 Å². The Balaban J connectivity index is 3.55. The van der Waals surface area contributed by atoms with Gasteiger partial charge in [-0.2, -0.15) is 13.2 Å². The van der Waals surface area contributed by atoms with Crippen molar-refractivity contribution in [1.29, 1.82) is 0 Å². The van der Waals surface area contributed by atoms with Crippen molar-refractivity contribution in [1.82, 2.24) is 10.6 Å². The van der Waals surface area contributed by atoms with E-state index in [1.54, 1.807) is 6.92 Å². The number of halogens is 3. The molecule has 1 unspecified atom stereocenters. The average Bonchev–Trinajstić information content (AvgIpc) is 2.01. The minimum Gasteiger partial charge on any atom is -0.353 e. The second kappa shape index (κ2) is 5.85. The maximum absolute atomic E-state index is 11.6. The van der Waals surface area contributed by atoms with Crippen LogP contribution in [0, 0.1) is 0 Å². The van der Waals surface area contributed by atoms with Gasteiger partial charge < -0.3 is 10.6 Å². The molecule has 0 aliphatic carbocycles. The Morgan fingerprint density at radius 2 is 2.00 bits per heavy atom. The minimum atomic E-state index is -4.27. The second-order valence-corrected chi connectivity index (χ2v) is 3.10. The quantitative estimate of drug-likeness (QED) is 0.715. The minimum absolute atomic E-state index is 0.00446. The van der Waals surface area contributed by atoms with Crippen LogP contribution in [0.4, 0.5) is 13.2 Å². The van der Waals surface area contributed by atoms with Crippen LogP contribution in [-0.2, 0) is 4.79 Å². The zero-order valence-electron chi connectivity index (χ0n) is 8.24. The maximum Gasteiger partial charge on any atom is 0.401 e. The molecule has 0 aliphatic rings. The molecule has 1 amide bonds. The molecule has 0 spiro atoms. The molecule has 14 heavy (non-hydrogen) atoms. The van der Waals surface area contributed by atoms with Gasteiger partial charge in [0, 0.05) is 6.04 Å². The Labute approximate surface area is 81.1 Å². The number of hydrogen-bond acceptors (Lipinski definition) is 2. The van der Waals surface area contributed by atoms with Gasteiger partial charge in [-0.3, -0.25) is 4.79 Å². The molecule has 3 nitrogen and oxygen atoms in total. The summed E-state index contributed by atoms with van der Waals surface area (Å²) in [7, 11) is 0. The molecule has 0 bridgehead atoms. The lowest BCUT2D eigenvalue weighted by molar-refractivity contribution is -0.128. The summed E-state index contributed by atoms with van der Waals surface area (Å²) < 4.78 is 34.9. The van der Waals surface area contributed by atoms with Crippen molar-refractivity contribution in [2.45, 2.75) is 32.5 Å². The normalized spacial score (nSPS) is 13.8. The monoisotopic (exact) mass is 212 g/mol. The topological polar surface area (TPSA) is 41.1 Å². The molecule has 0 aromatic rings. The highest BCUT2D eigenvalue weighted by Crippen LogP contribution is 2.11. The summed E-state index contributed by atoms with van der Waals surface area (Å²) in [5.41, 5.74) is 0. The number of carbonyl (C=O) groups is 1. The smallest absolute Gasteiger partial charge is 0.353 e. The van der Waals surface area contributed by atoms with Crippen LogP contribution in [0.15, 0.2) is 0 Å². The Hall–Kier alpha value is -0.780. The summed E-state index contributed by atoms with van der Waals surface area (Å²) in [6, 6.07) is -0.00446. The third-order valence-electron chi connectivity index (χ3n) is 1.63. The van der Waals surface area contributed by atoms with Gasteiger partial charge in [-0.25, -0.2) is 0 Å². The first-order chi connectivity index (χ1) is 6.35. The van der Waals surface area contributed by atoms with Gasteiger partial charge in [0.1, 0.15) is 0 Å². The van der Waals surface area contributed by atoms with Crippen LogP contribution < -0.4 is 10.6 Å². The summed E-state index contributed by atoms with van der Waals surface area (Å²) in [5.74, 6) is -0.413. The Kier molecular flexibility index (Phi) is 5.52. The summed E-state index contributed by atoms with van der Waals surface area (Å²) in [5, 5.41) is 4.56. The summed E-state index contributed by atoms with van der Waals surface area (Å²) in [4.78, 5) is 11.0. The number of hydrogen-bond donors (Lipinski definition) is 2. The fourth-order valence-electron chi connectivity index (χ4n) is 0.746. The standard InChI is InChI=1S/C8H15F3N2O/c1-3-6(2)13-7(14)4-12-5-8(9,10)11/h6,12H,3-5H2,1-2H3,(H,13,14). The first kappa shape index (κ1) is 13.2. The van der Waals surface area contributed by atoms with E-state index in [0.29, 0.717) is 0 Å². The van der Waals surface area contributed by atoms with Gasteiger partial charge in [-0.15, -0.1) is 0 Å². The first-order valence-corrected chi connectivity index (χ1v) is 4.42. The van der Waals surface area contributed by atoms with Gasteiger partial charge in [-0.1, -0.05) is 6.92 Å². The number of carbonyl (C=O) groups excluding carboxylic acids is 1. The molecule has 6 heteroatoms. The van der Waals surface area contributed by atoms with E-state index in [4.69, 9.17) is 0 Å². The number of rotatable bonds is 5. The molecule has 0 rings (SSSR count). The zero-order chi connectivity index (χ0) is 11.2. The van der Waals surface area contributed by atoms with E-state index in [0.717, 1.165) is 6.42 Å². The van der Waals surface area contributed by atoms with Crippen LogP contribution in [-0.4, -0.2) is 31.2 Å². The van der Waals surface area contributed by atoms with E-state index in [2.05, 4.69) is 5.32 Å². The van der Waals surface area contributed by atoms with E-state index in [1.165, 1.54) is 0 Å². The molecule has 0 saturated carbocycles. The van der Waals surface area contributed by atoms with Crippen molar-refractivity contribution < 1.29 is 18.0 Å². The molecular weight excluding hydrogens is 197 g/mol. The van der Waals surface area contributed by atoms with E-state index in [-0.39, 0.29) is 12.6 Å². The SMILES string of the molecule is CCC(C)NC(=O)CNCC(F)(F)F. The van der Waals surface area contributed by atoms with Crippen molar-refractivity contribution in [2.75, 3.05) is 13.1 Å². The third-order valence-corrected chi connectivity index (χ3v) is 1.63. The van der Waals surface area contributed by atoms with Crippen LogP contribution >= 0.6 is 0 Å². The van der Waals surface area contributed by atoms with Crippen molar-refractivity contribution in [3.63, 3.8) is 0 Å². The fraction of sp³-hybridized carbons (Fsp3) is 0.875. The molecule has 0 heterocycles.